The first-order valence-electron chi connectivity index (χ1n) is 5.43. The Balaban J connectivity index is 2.76. The number of carbonyl (C=O) groups excluding carboxylic acids is 1. The number of rotatable bonds is 6. The maximum atomic E-state index is 11.6. The number of nitrogens with one attached hydrogen (secondary N) is 1. The number of halogens is 1. The lowest BCUT2D eigenvalue weighted by atomic mass is 10.2. The minimum atomic E-state index is -3.84. The van der Waals surface area contributed by atoms with Crippen LogP contribution < -0.4 is 10.5 Å². The van der Waals surface area contributed by atoms with Crippen LogP contribution in [0.15, 0.2) is 29.2 Å². The first kappa shape index (κ1) is 14.9. The monoisotopic (exact) mass is 290 g/mol. The van der Waals surface area contributed by atoms with Crippen molar-refractivity contribution in [2.75, 3.05) is 11.2 Å². The van der Waals surface area contributed by atoms with Gasteiger partial charge in [-0.25, -0.2) is 13.6 Å². The summed E-state index contributed by atoms with van der Waals surface area (Å²) in [7, 11) is -3.84. The third-order valence-electron chi connectivity index (χ3n) is 2.26. The van der Waals surface area contributed by atoms with Crippen LogP contribution in [0.4, 0.5) is 5.69 Å². The average Bonchev–Trinajstić information content (AvgIpc) is 2.28. The molecular weight excluding hydrogens is 276 g/mol. The number of unbranched alkanes of at least 4 members (excludes halogenated alkanes) is 1. The zero-order chi connectivity index (χ0) is 13.6. The van der Waals surface area contributed by atoms with Crippen molar-refractivity contribution in [2.24, 2.45) is 5.14 Å². The van der Waals surface area contributed by atoms with Crippen LogP contribution >= 0.6 is 11.6 Å². The summed E-state index contributed by atoms with van der Waals surface area (Å²) in [6.45, 7) is 0. The summed E-state index contributed by atoms with van der Waals surface area (Å²) in [6.07, 6.45) is 1.70. The van der Waals surface area contributed by atoms with E-state index in [-0.39, 0.29) is 16.5 Å². The van der Waals surface area contributed by atoms with Crippen LogP contribution in [0.1, 0.15) is 19.3 Å². The highest BCUT2D eigenvalue weighted by Crippen LogP contribution is 2.19. The van der Waals surface area contributed by atoms with Gasteiger partial charge in [0.15, 0.2) is 0 Å². The molecule has 0 aliphatic rings. The maximum Gasteiger partial charge on any atom is 0.240 e. The lowest BCUT2D eigenvalue weighted by Crippen LogP contribution is -2.18. The fraction of sp³-hybridized carbons (Fsp3) is 0.364. The van der Waals surface area contributed by atoms with Gasteiger partial charge in [-0.2, -0.15) is 0 Å². The fourth-order valence-electron chi connectivity index (χ4n) is 1.41. The van der Waals surface area contributed by atoms with Crippen LogP contribution in [0, 0.1) is 0 Å². The second kappa shape index (κ2) is 6.72. The van der Waals surface area contributed by atoms with E-state index in [2.05, 4.69) is 5.32 Å². The van der Waals surface area contributed by atoms with Crippen LogP contribution in [-0.4, -0.2) is 20.2 Å². The molecule has 0 unspecified atom stereocenters. The summed E-state index contributed by atoms with van der Waals surface area (Å²) in [5.74, 6) is 0.248. The van der Waals surface area contributed by atoms with Crippen molar-refractivity contribution in [1.82, 2.24) is 0 Å². The van der Waals surface area contributed by atoms with E-state index in [1.165, 1.54) is 12.1 Å². The summed E-state index contributed by atoms with van der Waals surface area (Å²) in [6, 6.07) is 6.02. The third-order valence-corrected chi connectivity index (χ3v) is 3.49. The van der Waals surface area contributed by atoms with Gasteiger partial charge in [-0.1, -0.05) is 12.1 Å². The van der Waals surface area contributed by atoms with E-state index >= 15 is 0 Å². The van der Waals surface area contributed by atoms with Crippen molar-refractivity contribution in [3.8, 4) is 0 Å². The Bertz CT molecular complexity index is 517. The molecule has 1 aromatic carbocycles. The van der Waals surface area contributed by atoms with E-state index in [1.54, 1.807) is 12.1 Å². The SMILES string of the molecule is NS(=O)(=O)c1ccccc1NC(=O)CCCCCl. The average molecular weight is 291 g/mol. The highest BCUT2D eigenvalue weighted by molar-refractivity contribution is 7.89. The van der Waals surface area contributed by atoms with E-state index in [0.29, 0.717) is 18.7 Å². The lowest BCUT2D eigenvalue weighted by Gasteiger charge is -2.09. The Hall–Kier alpha value is -1.11. The summed E-state index contributed by atoms with van der Waals surface area (Å²) in [5, 5.41) is 7.59. The van der Waals surface area contributed by atoms with Gasteiger partial charge in [-0.15, -0.1) is 11.6 Å². The van der Waals surface area contributed by atoms with Gasteiger partial charge in [-0.05, 0) is 25.0 Å². The predicted molar refractivity (Wildman–Crippen MR) is 71.0 cm³/mol. The number of benzene rings is 1. The maximum absolute atomic E-state index is 11.6. The first-order chi connectivity index (χ1) is 8.45. The standard InChI is InChI=1S/C11H15ClN2O3S/c12-8-4-3-7-11(15)14-9-5-1-2-6-10(9)18(13,16)17/h1-2,5-6H,3-4,7-8H2,(H,14,15)(H2,13,16,17). The molecule has 0 atom stereocenters. The van der Waals surface area contributed by atoms with E-state index in [4.69, 9.17) is 16.7 Å². The number of amides is 1. The highest BCUT2D eigenvalue weighted by atomic mass is 35.5. The van der Waals surface area contributed by atoms with Crippen LogP contribution in [-0.2, 0) is 14.8 Å². The minimum absolute atomic E-state index is 0.0873. The van der Waals surface area contributed by atoms with E-state index in [1.807, 2.05) is 0 Å². The molecule has 0 spiro atoms. The summed E-state index contributed by atoms with van der Waals surface area (Å²) in [4.78, 5) is 11.5. The summed E-state index contributed by atoms with van der Waals surface area (Å²) < 4.78 is 22.6. The number of hydrogen-bond donors (Lipinski definition) is 2. The fourth-order valence-corrected chi connectivity index (χ4v) is 2.29. The molecule has 0 radical (unpaired) electrons. The van der Waals surface area contributed by atoms with Crippen molar-refractivity contribution in [3.05, 3.63) is 24.3 Å². The molecule has 1 rings (SSSR count). The number of nitrogens with two attached hydrogens (primary N) is 1. The van der Waals surface area contributed by atoms with Gasteiger partial charge in [0.2, 0.25) is 15.9 Å². The van der Waals surface area contributed by atoms with Crippen LogP contribution in [0.25, 0.3) is 0 Å². The molecule has 0 saturated heterocycles. The van der Waals surface area contributed by atoms with Crippen LogP contribution in [0.2, 0.25) is 0 Å². The normalized spacial score (nSPS) is 11.2. The van der Waals surface area contributed by atoms with Gasteiger partial charge in [0, 0.05) is 12.3 Å². The molecule has 1 amide bonds. The molecule has 1 aromatic rings. The molecule has 0 aliphatic heterocycles. The Morgan fingerprint density at radius 2 is 1.94 bits per heavy atom. The molecule has 100 valence electrons. The lowest BCUT2D eigenvalue weighted by molar-refractivity contribution is -0.116. The first-order valence-corrected chi connectivity index (χ1v) is 7.51. The van der Waals surface area contributed by atoms with Gasteiger partial charge in [0.1, 0.15) is 4.90 Å². The molecular formula is C11H15ClN2O3S. The number of carbonyl (C=O) groups is 1. The zero-order valence-corrected chi connectivity index (χ0v) is 11.3. The molecule has 0 fully saturated rings. The van der Waals surface area contributed by atoms with Gasteiger partial charge in [0.25, 0.3) is 0 Å². The second-order valence-electron chi connectivity index (χ2n) is 3.74. The number of hydrogen-bond acceptors (Lipinski definition) is 3. The van der Waals surface area contributed by atoms with Gasteiger partial charge in [-0.3, -0.25) is 4.79 Å². The number of sulfonamides is 1. The molecule has 0 bridgehead atoms. The number of alkyl halides is 1. The van der Waals surface area contributed by atoms with Crippen LogP contribution in [0.5, 0.6) is 0 Å². The molecule has 7 heteroatoms. The van der Waals surface area contributed by atoms with Crippen molar-refractivity contribution < 1.29 is 13.2 Å². The molecule has 0 aliphatic carbocycles. The Morgan fingerprint density at radius 3 is 2.56 bits per heavy atom. The van der Waals surface area contributed by atoms with Crippen LogP contribution in [0.3, 0.4) is 0 Å². The summed E-state index contributed by atoms with van der Waals surface area (Å²) in [5.41, 5.74) is 0.205. The molecule has 3 N–H and O–H groups in total. The Labute approximate surface area is 111 Å². The number of para-hydroxylation sites is 1. The van der Waals surface area contributed by atoms with E-state index in [9.17, 15) is 13.2 Å². The van der Waals surface area contributed by atoms with Crippen molar-refractivity contribution in [1.29, 1.82) is 0 Å². The summed E-state index contributed by atoms with van der Waals surface area (Å²) >= 11 is 5.50. The van der Waals surface area contributed by atoms with Gasteiger partial charge < -0.3 is 5.32 Å². The Morgan fingerprint density at radius 1 is 1.28 bits per heavy atom. The number of anilines is 1. The van der Waals surface area contributed by atoms with Gasteiger partial charge >= 0.3 is 0 Å². The van der Waals surface area contributed by atoms with E-state index in [0.717, 1.165) is 6.42 Å². The molecule has 0 aromatic heterocycles. The number of primary sulfonamides is 1. The molecule has 18 heavy (non-hydrogen) atoms. The van der Waals surface area contributed by atoms with Crippen molar-refractivity contribution >= 4 is 33.2 Å². The van der Waals surface area contributed by atoms with E-state index < -0.39 is 10.0 Å². The molecule has 0 saturated carbocycles. The zero-order valence-electron chi connectivity index (χ0n) is 9.73. The van der Waals surface area contributed by atoms with Crippen molar-refractivity contribution in [3.63, 3.8) is 0 Å². The van der Waals surface area contributed by atoms with Crippen molar-refractivity contribution in [2.45, 2.75) is 24.2 Å². The molecule has 0 heterocycles. The third kappa shape index (κ3) is 4.64. The minimum Gasteiger partial charge on any atom is -0.325 e. The second-order valence-corrected chi connectivity index (χ2v) is 5.64. The predicted octanol–water partition coefficient (Wildman–Crippen LogP) is 1.68. The highest BCUT2D eigenvalue weighted by Gasteiger charge is 2.14. The molecule has 5 nitrogen and oxygen atoms in total. The smallest absolute Gasteiger partial charge is 0.240 e. The van der Waals surface area contributed by atoms with Gasteiger partial charge in [0.05, 0.1) is 5.69 Å². The largest absolute Gasteiger partial charge is 0.325 e. The quantitative estimate of drug-likeness (QED) is 0.617. The topological polar surface area (TPSA) is 89.3 Å². The Kier molecular flexibility index (Phi) is 5.58.